The van der Waals surface area contributed by atoms with Crippen LogP contribution in [-0.4, -0.2) is 32.8 Å². The van der Waals surface area contributed by atoms with Gasteiger partial charge < -0.3 is 15.6 Å². The molecule has 2 aromatic heterocycles. The Morgan fingerprint density at radius 3 is 2.30 bits per heavy atom. The Hall–Kier alpha value is -4.00. The summed E-state index contributed by atoms with van der Waals surface area (Å²) >= 11 is 0. The van der Waals surface area contributed by atoms with E-state index in [4.69, 9.17) is 4.98 Å². The van der Waals surface area contributed by atoms with E-state index < -0.39 is 0 Å². The number of aromatic nitrogens is 3. The minimum Gasteiger partial charge on any atom is -0.349 e. The van der Waals surface area contributed by atoms with Crippen LogP contribution in [0.3, 0.4) is 0 Å². The van der Waals surface area contributed by atoms with Crippen molar-refractivity contribution in [3.05, 3.63) is 78.1 Å². The third kappa shape index (κ3) is 4.18. The lowest BCUT2D eigenvalue weighted by molar-refractivity contribution is -0.0119. The molecule has 2 aromatic carbocycles. The van der Waals surface area contributed by atoms with Crippen molar-refractivity contribution in [1.82, 2.24) is 20.3 Å². The first-order chi connectivity index (χ1) is 18.1. The second kappa shape index (κ2) is 8.83. The van der Waals surface area contributed by atoms with Crippen LogP contribution >= 0.6 is 0 Å². The van der Waals surface area contributed by atoms with Crippen molar-refractivity contribution < 1.29 is 9.59 Å². The van der Waals surface area contributed by atoms with Crippen molar-refractivity contribution >= 4 is 28.5 Å². The molecule has 4 aliphatic rings. The van der Waals surface area contributed by atoms with Gasteiger partial charge in [-0.25, -0.2) is 4.98 Å². The summed E-state index contributed by atoms with van der Waals surface area (Å²) in [5, 5.41) is 6.28. The average molecular weight is 492 g/mol. The molecule has 4 aromatic rings. The van der Waals surface area contributed by atoms with E-state index in [0.717, 1.165) is 34.3 Å². The highest BCUT2D eigenvalue weighted by atomic mass is 16.2. The van der Waals surface area contributed by atoms with E-state index in [-0.39, 0.29) is 11.8 Å². The van der Waals surface area contributed by atoms with Gasteiger partial charge in [0.15, 0.2) is 0 Å². The maximum atomic E-state index is 13.2. The highest BCUT2D eigenvalue weighted by Gasteiger charge is 2.48. The lowest BCUT2D eigenvalue weighted by Crippen LogP contribution is -2.55. The van der Waals surface area contributed by atoms with Gasteiger partial charge in [0, 0.05) is 35.2 Å². The van der Waals surface area contributed by atoms with Gasteiger partial charge in [0.25, 0.3) is 11.8 Å². The fraction of sp³-hybridized carbons (Fsp3) is 0.333. The summed E-state index contributed by atoms with van der Waals surface area (Å²) in [6, 6.07) is 17.0. The normalized spacial score (nSPS) is 25.8. The smallest absolute Gasteiger partial charge is 0.257 e. The topological polar surface area (TPSA) is 99.8 Å². The number of anilines is 1. The molecule has 0 spiro atoms. The Morgan fingerprint density at radius 1 is 0.838 bits per heavy atom. The van der Waals surface area contributed by atoms with Gasteiger partial charge in [-0.05, 0) is 110 Å². The summed E-state index contributed by atoms with van der Waals surface area (Å²) in [5.41, 5.74) is 4.41. The second-order valence-electron chi connectivity index (χ2n) is 11.0. The molecular formula is C30H29N5O2. The van der Waals surface area contributed by atoms with Crippen molar-refractivity contribution in [2.24, 2.45) is 23.7 Å². The molecule has 0 unspecified atom stereocenters. The largest absolute Gasteiger partial charge is 0.349 e. The maximum absolute atomic E-state index is 13.2. The Kier molecular flexibility index (Phi) is 5.30. The number of carbonyl (C=O) groups excluding carboxylic acids is 2. The minimum absolute atomic E-state index is 0.0117. The molecule has 4 saturated carbocycles. The Morgan fingerprint density at radius 2 is 1.59 bits per heavy atom. The van der Waals surface area contributed by atoms with Gasteiger partial charge in [-0.3, -0.25) is 14.6 Å². The number of hydrogen-bond acceptors (Lipinski definition) is 4. The van der Waals surface area contributed by atoms with Crippen molar-refractivity contribution in [2.75, 3.05) is 5.32 Å². The number of pyridine rings is 1. The summed E-state index contributed by atoms with van der Waals surface area (Å²) < 4.78 is 0. The van der Waals surface area contributed by atoms with Crippen LogP contribution in [0.15, 0.2) is 67.0 Å². The molecular weight excluding hydrogens is 462 g/mol. The number of nitrogens with zero attached hydrogens (tertiary/aromatic N) is 2. The van der Waals surface area contributed by atoms with Crippen LogP contribution in [0.2, 0.25) is 0 Å². The molecule has 3 N–H and O–H groups in total. The summed E-state index contributed by atoms with van der Waals surface area (Å²) in [6.07, 6.45) is 9.72. The third-order valence-electron chi connectivity index (χ3n) is 8.61. The molecule has 7 heteroatoms. The zero-order valence-corrected chi connectivity index (χ0v) is 20.5. The van der Waals surface area contributed by atoms with Crippen molar-refractivity contribution in [3.8, 4) is 11.4 Å². The number of amides is 2. The number of rotatable bonds is 5. The van der Waals surface area contributed by atoms with Gasteiger partial charge >= 0.3 is 0 Å². The minimum atomic E-state index is -0.205. The first-order valence-corrected chi connectivity index (χ1v) is 13.2. The van der Waals surface area contributed by atoms with Crippen LogP contribution in [0.25, 0.3) is 22.4 Å². The van der Waals surface area contributed by atoms with E-state index in [1.54, 1.807) is 18.3 Å². The standard InChI is InChI=1S/C30H29N5O2/c36-29(35-27-22-11-17-10-18(13-22)14-23(27)12-17)20-5-8-25-26(15-20)34-28(33-25)19-3-6-24(7-4-19)32-30(37)21-2-1-9-31-16-21/h1-9,15-18,22-23,27H,10-14H2,(H,32,37)(H,33,34)(H,35,36)/t17-,18+,22-,23+,27?. The van der Waals surface area contributed by atoms with Crippen molar-refractivity contribution in [1.29, 1.82) is 0 Å². The molecule has 0 saturated heterocycles. The Labute approximate surface area is 215 Å². The maximum Gasteiger partial charge on any atom is 0.257 e. The third-order valence-corrected chi connectivity index (χ3v) is 8.61. The predicted molar refractivity (Wildman–Crippen MR) is 142 cm³/mol. The van der Waals surface area contributed by atoms with Crippen molar-refractivity contribution in [2.45, 2.75) is 38.1 Å². The first kappa shape index (κ1) is 22.2. The molecule has 4 fully saturated rings. The lowest BCUT2D eigenvalue weighted by Gasteiger charge is -2.54. The summed E-state index contributed by atoms with van der Waals surface area (Å²) in [7, 11) is 0. The summed E-state index contributed by atoms with van der Waals surface area (Å²) in [4.78, 5) is 37.7. The molecule has 2 heterocycles. The number of benzene rings is 2. The number of H-pyrrole nitrogens is 1. The molecule has 0 radical (unpaired) electrons. The molecule has 0 aliphatic heterocycles. The van der Waals surface area contributed by atoms with Crippen LogP contribution < -0.4 is 10.6 Å². The monoisotopic (exact) mass is 491 g/mol. The fourth-order valence-electron chi connectivity index (χ4n) is 7.09. The van der Waals surface area contributed by atoms with Crippen molar-refractivity contribution in [3.63, 3.8) is 0 Å². The summed E-state index contributed by atoms with van der Waals surface area (Å²) in [5.74, 6) is 3.61. The quantitative estimate of drug-likeness (QED) is 0.346. The van der Waals surface area contributed by atoms with Gasteiger partial charge in [-0.1, -0.05) is 0 Å². The number of carbonyl (C=O) groups is 2. The zero-order chi connectivity index (χ0) is 24.9. The molecule has 2 amide bonds. The van der Waals surface area contributed by atoms with E-state index >= 15 is 0 Å². The second-order valence-corrected chi connectivity index (χ2v) is 11.0. The van der Waals surface area contributed by atoms with E-state index in [0.29, 0.717) is 34.7 Å². The Balaban J connectivity index is 1.05. The van der Waals surface area contributed by atoms with Crippen LogP contribution in [0.1, 0.15) is 52.8 Å². The fourth-order valence-corrected chi connectivity index (χ4v) is 7.09. The van der Waals surface area contributed by atoms with Crippen LogP contribution in [0.4, 0.5) is 5.69 Å². The number of nitrogens with one attached hydrogen (secondary N) is 3. The van der Waals surface area contributed by atoms with Gasteiger partial charge in [-0.2, -0.15) is 0 Å². The molecule has 8 rings (SSSR count). The van der Waals surface area contributed by atoms with Crippen LogP contribution in [0, 0.1) is 23.7 Å². The summed E-state index contributed by atoms with van der Waals surface area (Å²) in [6.45, 7) is 0. The molecule has 4 bridgehead atoms. The van der Waals surface area contributed by atoms with Gasteiger partial charge in [-0.15, -0.1) is 0 Å². The van der Waals surface area contributed by atoms with E-state index in [9.17, 15) is 9.59 Å². The number of imidazole rings is 1. The highest BCUT2D eigenvalue weighted by Crippen LogP contribution is 2.53. The first-order valence-electron chi connectivity index (χ1n) is 13.2. The highest BCUT2D eigenvalue weighted by molar-refractivity contribution is 6.04. The molecule has 4 aliphatic carbocycles. The molecule has 7 nitrogen and oxygen atoms in total. The van der Waals surface area contributed by atoms with Gasteiger partial charge in [0.05, 0.1) is 16.6 Å². The molecule has 0 atom stereocenters. The van der Waals surface area contributed by atoms with Gasteiger partial charge in [0.2, 0.25) is 0 Å². The van der Waals surface area contributed by atoms with Gasteiger partial charge in [0.1, 0.15) is 5.82 Å². The lowest BCUT2D eigenvalue weighted by atomic mass is 9.54. The average Bonchev–Trinajstić information content (AvgIpc) is 3.35. The van der Waals surface area contributed by atoms with E-state index in [2.05, 4.69) is 20.6 Å². The SMILES string of the molecule is O=C(Nc1ccc(-c2nc3cc(C(=O)NC4[C@H]5C[C@@H]6C[C@@H](C[C@H]4C6)C5)ccc3[nH]2)cc1)c1cccnc1. The van der Waals surface area contributed by atoms with Crippen LogP contribution in [-0.2, 0) is 0 Å². The molecule has 37 heavy (non-hydrogen) atoms. The predicted octanol–water partition coefficient (Wildman–Crippen LogP) is 5.43. The number of fused-ring (bicyclic) bond motifs is 1. The number of hydrogen-bond donors (Lipinski definition) is 3. The van der Waals surface area contributed by atoms with E-state index in [1.165, 1.54) is 38.3 Å². The number of aromatic amines is 1. The molecule has 186 valence electrons. The van der Waals surface area contributed by atoms with Crippen LogP contribution in [0.5, 0.6) is 0 Å². The van der Waals surface area contributed by atoms with E-state index in [1.807, 2.05) is 42.5 Å². The zero-order valence-electron chi connectivity index (χ0n) is 20.5. The Bertz CT molecular complexity index is 1450.